The van der Waals surface area contributed by atoms with E-state index in [4.69, 9.17) is 9.47 Å². The van der Waals surface area contributed by atoms with Crippen LogP contribution in [0.5, 0.6) is 11.5 Å². The Labute approximate surface area is 224 Å². The highest BCUT2D eigenvalue weighted by Crippen LogP contribution is 2.37. The van der Waals surface area contributed by atoms with Crippen molar-refractivity contribution >= 4 is 39.3 Å². The van der Waals surface area contributed by atoms with Crippen molar-refractivity contribution < 1.29 is 27.0 Å². The molecule has 4 aliphatic rings. The molecule has 196 valence electrons. The maximum atomic E-state index is 15.5. The van der Waals surface area contributed by atoms with Crippen molar-refractivity contribution in [2.75, 3.05) is 6.61 Å². The lowest BCUT2D eigenvalue weighted by atomic mass is 9.89. The zero-order valence-electron chi connectivity index (χ0n) is 21.0. The number of allylic oxidation sites excluding steroid dienone is 3. The van der Waals surface area contributed by atoms with E-state index in [9.17, 15) is 8.78 Å². The molecule has 40 heavy (non-hydrogen) atoms. The van der Waals surface area contributed by atoms with Crippen molar-refractivity contribution in [3.63, 3.8) is 0 Å². The van der Waals surface area contributed by atoms with Gasteiger partial charge in [-0.3, -0.25) is 0 Å². The first kappa shape index (κ1) is 23.3. The molecule has 3 aliphatic heterocycles. The van der Waals surface area contributed by atoms with Gasteiger partial charge in [0, 0.05) is 27.5 Å². The molecule has 2 bridgehead atoms. The van der Waals surface area contributed by atoms with Crippen molar-refractivity contribution in [3.05, 3.63) is 111 Å². The lowest BCUT2D eigenvalue weighted by Gasteiger charge is -2.35. The average Bonchev–Trinajstić information content (AvgIpc) is 3.13. The molecule has 0 radical (unpaired) electrons. The summed E-state index contributed by atoms with van der Waals surface area (Å²) in [6, 6.07) is 12.0. The molecule has 0 N–H and O–H groups in total. The van der Waals surface area contributed by atoms with Gasteiger partial charge in [-0.05, 0) is 59.7 Å². The summed E-state index contributed by atoms with van der Waals surface area (Å²) in [7, 11) is 0. The second-order valence-electron chi connectivity index (χ2n) is 10.5. The maximum Gasteiger partial charge on any atom is 0.347 e. The molecule has 2 unspecified atom stereocenters. The number of hydrogen-bond acceptors (Lipinski definition) is 2. The SMILES string of the molecule is FC1=c2ccc3c(F)ccc4c3c2=CCC(C=C1)CC1(CO4)Oc2ccc(F)c3ccc4c(c23)=[N+]1C=C=CC=4F. The molecule has 4 aromatic carbocycles. The predicted molar refractivity (Wildman–Crippen MR) is 144 cm³/mol. The van der Waals surface area contributed by atoms with Gasteiger partial charge in [0.1, 0.15) is 34.8 Å². The van der Waals surface area contributed by atoms with Gasteiger partial charge in [-0.15, -0.1) is 4.58 Å². The average molecular weight is 539 g/mol. The van der Waals surface area contributed by atoms with Gasteiger partial charge in [-0.2, -0.15) is 0 Å². The fourth-order valence-corrected chi connectivity index (χ4v) is 6.45. The lowest BCUT2D eigenvalue weighted by Crippen LogP contribution is -2.61. The molecule has 3 heterocycles. The summed E-state index contributed by atoms with van der Waals surface area (Å²) in [6.07, 6.45) is 8.81. The van der Waals surface area contributed by atoms with Crippen molar-refractivity contribution in [1.82, 2.24) is 4.58 Å². The number of hydrogen-bond donors (Lipinski definition) is 0. The summed E-state index contributed by atoms with van der Waals surface area (Å²) < 4.78 is 75.6. The van der Waals surface area contributed by atoms with E-state index in [1.54, 1.807) is 47.2 Å². The third kappa shape index (κ3) is 3.15. The highest BCUT2D eigenvalue weighted by Gasteiger charge is 2.50. The molecule has 0 aromatic heterocycles. The first-order chi connectivity index (χ1) is 19.4. The second-order valence-corrected chi connectivity index (χ2v) is 10.5. The van der Waals surface area contributed by atoms with Crippen molar-refractivity contribution in [3.8, 4) is 11.5 Å². The third-order valence-electron chi connectivity index (χ3n) is 8.27. The zero-order chi connectivity index (χ0) is 27.2. The minimum Gasteiger partial charge on any atom is -0.481 e. The number of rotatable bonds is 0. The van der Waals surface area contributed by atoms with E-state index in [2.05, 4.69) is 5.73 Å². The number of benzene rings is 4. The summed E-state index contributed by atoms with van der Waals surface area (Å²) in [5.74, 6) is -1.31. The monoisotopic (exact) mass is 538 g/mol. The van der Waals surface area contributed by atoms with Gasteiger partial charge in [0.25, 0.3) is 0 Å². The van der Waals surface area contributed by atoms with E-state index in [0.717, 1.165) is 0 Å². The normalized spacial score (nSPS) is 22.3. The molecule has 2 atom stereocenters. The molecular weight excluding hydrogens is 518 g/mol. The van der Waals surface area contributed by atoms with Gasteiger partial charge >= 0.3 is 5.72 Å². The van der Waals surface area contributed by atoms with Crippen molar-refractivity contribution in [2.45, 2.75) is 18.6 Å². The molecule has 4 aromatic rings. The molecular formula is C33H20F4NO2+. The van der Waals surface area contributed by atoms with Crippen LogP contribution in [0, 0.1) is 17.6 Å². The molecule has 3 nitrogen and oxygen atoms in total. The van der Waals surface area contributed by atoms with E-state index >= 15 is 8.78 Å². The van der Waals surface area contributed by atoms with Crippen LogP contribution in [0.1, 0.15) is 12.8 Å². The Bertz CT molecular complexity index is 2190. The summed E-state index contributed by atoms with van der Waals surface area (Å²) in [6.45, 7) is -0.0413. The smallest absolute Gasteiger partial charge is 0.347 e. The van der Waals surface area contributed by atoms with Gasteiger partial charge in [0.05, 0.1) is 17.0 Å². The number of fused-ring (bicyclic) bond motifs is 3. The Morgan fingerprint density at radius 3 is 2.40 bits per heavy atom. The first-order valence-corrected chi connectivity index (χ1v) is 13.0. The van der Waals surface area contributed by atoms with Crippen LogP contribution >= 0.6 is 0 Å². The number of halogens is 4. The molecule has 1 spiro atoms. The zero-order valence-corrected chi connectivity index (χ0v) is 21.0. The van der Waals surface area contributed by atoms with Gasteiger partial charge in [0.15, 0.2) is 6.61 Å². The van der Waals surface area contributed by atoms with Crippen LogP contribution in [0.25, 0.3) is 39.3 Å². The minimum atomic E-state index is -1.26. The van der Waals surface area contributed by atoms with Crippen molar-refractivity contribution in [1.29, 1.82) is 0 Å². The Hall–Kier alpha value is -4.61. The Morgan fingerprint density at radius 1 is 0.825 bits per heavy atom. The Kier molecular flexibility index (Phi) is 4.77. The molecule has 0 fully saturated rings. The Balaban J connectivity index is 1.47. The van der Waals surface area contributed by atoms with E-state index < -0.39 is 29.0 Å². The van der Waals surface area contributed by atoms with Gasteiger partial charge in [0.2, 0.25) is 11.6 Å². The van der Waals surface area contributed by atoms with E-state index in [1.807, 2.05) is 6.08 Å². The summed E-state index contributed by atoms with van der Waals surface area (Å²) in [4.78, 5) is 0. The third-order valence-corrected chi connectivity index (χ3v) is 8.27. The van der Waals surface area contributed by atoms with Crippen LogP contribution < -0.4 is 35.1 Å². The summed E-state index contributed by atoms with van der Waals surface area (Å²) >= 11 is 0. The minimum absolute atomic E-state index is 0.0413. The van der Waals surface area contributed by atoms with E-state index in [-0.39, 0.29) is 17.7 Å². The molecule has 0 amide bonds. The standard InChI is InChI=1S/C33H20F4NO2/c34-24-2-1-15-38-32-23(24)9-8-22-27(37)12-14-29(31(22)32)40-33(38)16-18-3-5-20-19(25(35)10-4-18)6-7-21-26(36)11-13-28(30(20)21)39-17-33/h2,4-15,18H,3,16-17H2/q+1. The van der Waals surface area contributed by atoms with Crippen LogP contribution in [0.15, 0.2) is 78.7 Å². The second kappa shape index (κ2) is 8.20. The van der Waals surface area contributed by atoms with Crippen LogP contribution in [-0.4, -0.2) is 12.3 Å². The molecule has 0 saturated carbocycles. The van der Waals surface area contributed by atoms with Crippen LogP contribution in [-0.2, 0) is 0 Å². The highest BCUT2D eigenvalue weighted by atomic mass is 19.1. The topological polar surface area (TPSA) is 21.5 Å². The largest absolute Gasteiger partial charge is 0.481 e. The van der Waals surface area contributed by atoms with Crippen LogP contribution in [0.3, 0.4) is 0 Å². The highest BCUT2D eigenvalue weighted by molar-refractivity contribution is 5.91. The number of nitrogens with zero attached hydrogens (tertiary/aromatic N) is 1. The molecule has 7 heteroatoms. The fourth-order valence-electron chi connectivity index (χ4n) is 6.45. The molecule has 8 rings (SSSR count). The quantitative estimate of drug-likeness (QED) is 0.187. The van der Waals surface area contributed by atoms with Crippen LogP contribution in [0.2, 0.25) is 0 Å². The molecule has 0 saturated heterocycles. The van der Waals surface area contributed by atoms with Crippen LogP contribution in [0.4, 0.5) is 17.6 Å². The predicted octanol–water partition coefficient (Wildman–Crippen LogP) is 4.53. The Morgan fingerprint density at radius 2 is 1.57 bits per heavy atom. The summed E-state index contributed by atoms with van der Waals surface area (Å²) in [5.41, 5.74) is 1.63. The number of ether oxygens (including phenoxy) is 2. The summed E-state index contributed by atoms with van der Waals surface area (Å²) in [5, 5.41) is 3.23. The van der Waals surface area contributed by atoms with Crippen molar-refractivity contribution in [2.24, 2.45) is 5.92 Å². The fraction of sp³-hybridized carbons (Fsp3) is 0.152. The maximum absolute atomic E-state index is 15.5. The van der Waals surface area contributed by atoms with Gasteiger partial charge in [-0.1, -0.05) is 30.4 Å². The van der Waals surface area contributed by atoms with Gasteiger partial charge < -0.3 is 9.47 Å². The van der Waals surface area contributed by atoms with E-state index in [0.29, 0.717) is 61.7 Å². The van der Waals surface area contributed by atoms with E-state index in [1.165, 1.54) is 30.4 Å². The molecule has 1 aliphatic carbocycles. The first-order valence-electron chi connectivity index (χ1n) is 13.0. The lowest BCUT2D eigenvalue weighted by molar-refractivity contribution is -0.0351. The van der Waals surface area contributed by atoms with Gasteiger partial charge in [-0.25, -0.2) is 17.6 Å².